The molecule has 1 heterocycles. The maximum atomic E-state index is 13.3. The molecule has 1 amide bonds. The molecule has 2 aromatic carbocycles. The summed E-state index contributed by atoms with van der Waals surface area (Å²) in [4.78, 5) is 14.8. The number of halogens is 1. The molecule has 0 atom stereocenters. The molecule has 9 heteroatoms. The largest absolute Gasteiger partial charge is 0.497 e. The van der Waals surface area contributed by atoms with Crippen LogP contribution in [0.15, 0.2) is 52.9 Å². The Hall–Kier alpha value is -2.65. The van der Waals surface area contributed by atoms with Gasteiger partial charge in [0.1, 0.15) is 11.6 Å². The number of hydrogen-bond acceptors (Lipinski definition) is 7. The predicted octanol–water partition coefficient (Wildman–Crippen LogP) is 4.71. The van der Waals surface area contributed by atoms with Crippen LogP contribution in [0, 0.1) is 5.82 Å². The van der Waals surface area contributed by atoms with Crippen molar-refractivity contribution in [1.29, 1.82) is 0 Å². The Bertz CT molecular complexity index is 1010. The maximum Gasteiger partial charge on any atom is 0.233 e. The summed E-state index contributed by atoms with van der Waals surface area (Å²) in [6.45, 7) is 0.594. The Morgan fingerprint density at radius 2 is 2.07 bits per heavy atom. The fraction of sp³-hybridized carbons (Fsp3) is 0.286. The molecule has 0 radical (unpaired) electrons. The van der Waals surface area contributed by atoms with Gasteiger partial charge in [-0.25, -0.2) is 4.39 Å². The van der Waals surface area contributed by atoms with Crippen LogP contribution in [0.3, 0.4) is 0 Å². The molecule has 3 aromatic rings. The smallest absolute Gasteiger partial charge is 0.233 e. The number of nitrogens with one attached hydrogen (secondary N) is 1. The number of carbonyl (C=O) groups is 1. The molecule has 1 fully saturated rings. The van der Waals surface area contributed by atoms with Crippen molar-refractivity contribution in [3.05, 3.63) is 59.9 Å². The summed E-state index contributed by atoms with van der Waals surface area (Å²) in [5.74, 6) is 0.883. The molecule has 0 bridgehead atoms. The van der Waals surface area contributed by atoms with Crippen LogP contribution in [0.1, 0.15) is 18.4 Å². The third kappa shape index (κ3) is 5.48. The Labute approximate surface area is 182 Å². The van der Waals surface area contributed by atoms with Gasteiger partial charge in [0.25, 0.3) is 0 Å². The first-order valence-corrected chi connectivity index (χ1v) is 11.3. The van der Waals surface area contributed by atoms with Crippen molar-refractivity contribution >= 4 is 39.8 Å². The molecule has 1 aliphatic carbocycles. The van der Waals surface area contributed by atoms with Crippen molar-refractivity contribution < 1.29 is 13.9 Å². The highest BCUT2D eigenvalue weighted by Crippen LogP contribution is 2.32. The summed E-state index contributed by atoms with van der Waals surface area (Å²) in [5.41, 5.74) is 1.69. The quantitative estimate of drug-likeness (QED) is 0.482. The highest BCUT2D eigenvalue weighted by Gasteiger charge is 2.32. The number of rotatable bonds is 9. The summed E-state index contributed by atoms with van der Waals surface area (Å²) < 4.78 is 19.2. The van der Waals surface area contributed by atoms with E-state index in [-0.39, 0.29) is 11.7 Å². The zero-order valence-electron chi connectivity index (χ0n) is 16.4. The molecule has 156 valence electrons. The van der Waals surface area contributed by atoms with Crippen molar-refractivity contribution in [2.75, 3.05) is 18.2 Å². The van der Waals surface area contributed by atoms with Crippen molar-refractivity contribution in [2.45, 2.75) is 29.8 Å². The molecule has 30 heavy (non-hydrogen) atoms. The maximum absolute atomic E-state index is 13.3. The van der Waals surface area contributed by atoms with Crippen LogP contribution < -0.4 is 10.1 Å². The van der Waals surface area contributed by atoms with E-state index >= 15 is 0 Å². The highest BCUT2D eigenvalue weighted by atomic mass is 32.2. The second-order valence-electron chi connectivity index (χ2n) is 6.90. The number of hydrogen-bond donors (Lipinski definition) is 1. The number of benzene rings is 2. The number of methoxy groups -OCH3 is 1. The number of nitrogens with zero attached hydrogens (tertiary/aromatic N) is 3. The number of aromatic nitrogens is 2. The lowest BCUT2D eigenvalue weighted by molar-refractivity contribution is -0.129. The minimum Gasteiger partial charge on any atom is -0.497 e. The molecule has 0 saturated heterocycles. The lowest BCUT2D eigenvalue weighted by atomic mass is 10.2. The van der Waals surface area contributed by atoms with Gasteiger partial charge in [-0.3, -0.25) is 4.79 Å². The number of anilines is 2. The Kier molecular flexibility index (Phi) is 6.49. The van der Waals surface area contributed by atoms with Crippen molar-refractivity contribution in [3.8, 4) is 5.75 Å². The number of carbonyl (C=O) groups excluding carboxylic acids is 1. The van der Waals surface area contributed by atoms with Crippen LogP contribution in [0.5, 0.6) is 5.75 Å². The Morgan fingerprint density at radius 3 is 2.77 bits per heavy atom. The molecule has 1 aliphatic rings. The zero-order valence-corrected chi connectivity index (χ0v) is 18.0. The minimum absolute atomic E-state index is 0.0909. The second kappa shape index (κ2) is 9.44. The Balaban J connectivity index is 1.33. The fourth-order valence-electron chi connectivity index (χ4n) is 2.95. The van der Waals surface area contributed by atoms with Gasteiger partial charge in [-0.15, -0.1) is 10.2 Å². The van der Waals surface area contributed by atoms with E-state index in [0.29, 0.717) is 33.5 Å². The van der Waals surface area contributed by atoms with Crippen LogP contribution in [0.2, 0.25) is 0 Å². The van der Waals surface area contributed by atoms with Gasteiger partial charge in [0, 0.05) is 18.3 Å². The SMILES string of the molecule is COc1ccc(CN(C(=O)CSc2nnc(Nc3cccc(F)c3)s2)C2CC2)cc1. The predicted molar refractivity (Wildman–Crippen MR) is 117 cm³/mol. The lowest BCUT2D eigenvalue weighted by Crippen LogP contribution is -2.33. The van der Waals surface area contributed by atoms with E-state index in [0.717, 1.165) is 24.2 Å². The molecular formula is C21H21FN4O2S2. The third-order valence-corrected chi connectivity index (χ3v) is 6.58. The second-order valence-corrected chi connectivity index (χ2v) is 9.10. The first-order chi connectivity index (χ1) is 14.6. The van der Waals surface area contributed by atoms with Gasteiger partial charge in [0.05, 0.1) is 12.9 Å². The third-order valence-electron chi connectivity index (χ3n) is 4.62. The van der Waals surface area contributed by atoms with E-state index < -0.39 is 0 Å². The summed E-state index contributed by atoms with van der Waals surface area (Å²) in [7, 11) is 1.64. The summed E-state index contributed by atoms with van der Waals surface area (Å²) in [5, 5.41) is 11.8. The van der Waals surface area contributed by atoms with Crippen LogP contribution in [-0.2, 0) is 11.3 Å². The van der Waals surface area contributed by atoms with Crippen LogP contribution in [-0.4, -0.2) is 39.9 Å². The molecule has 1 N–H and O–H groups in total. The van der Waals surface area contributed by atoms with E-state index in [4.69, 9.17) is 4.74 Å². The van der Waals surface area contributed by atoms with E-state index in [9.17, 15) is 9.18 Å². The number of ether oxygens (including phenoxy) is 1. The first-order valence-electron chi connectivity index (χ1n) is 9.52. The zero-order chi connectivity index (χ0) is 20.9. The van der Waals surface area contributed by atoms with Crippen molar-refractivity contribution in [3.63, 3.8) is 0 Å². The van der Waals surface area contributed by atoms with E-state index in [1.54, 1.807) is 19.2 Å². The molecule has 0 spiro atoms. The minimum atomic E-state index is -0.318. The number of amides is 1. The molecular weight excluding hydrogens is 423 g/mol. The van der Waals surface area contributed by atoms with E-state index in [1.807, 2.05) is 29.2 Å². The summed E-state index contributed by atoms with van der Waals surface area (Å²) >= 11 is 2.71. The highest BCUT2D eigenvalue weighted by molar-refractivity contribution is 8.01. The average Bonchev–Trinajstić information content (AvgIpc) is 3.50. The average molecular weight is 445 g/mol. The molecule has 4 rings (SSSR count). The van der Waals surface area contributed by atoms with Gasteiger partial charge in [0.15, 0.2) is 4.34 Å². The van der Waals surface area contributed by atoms with E-state index in [2.05, 4.69) is 15.5 Å². The van der Waals surface area contributed by atoms with Crippen LogP contribution >= 0.6 is 23.1 Å². The topological polar surface area (TPSA) is 67.3 Å². The standard InChI is InChI=1S/C21H21FN4O2S2/c1-28-18-9-5-14(6-10-18)12-26(17-7-8-17)19(27)13-29-21-25-24-20(30-21)23-16-4-2-3-15(22)11-16/h2-6,9-11,17H,7-8,12-13H2,1H3,(H,23,24). The van der Waals surface area contributed by atoms with Crippen molar-refractivity contribution in [1.82, 2.24) is 15.1 Å². The van der Waals surface area contributed by atoms with Gasteiger partial charge >= 0.3 is 0 Å². The van der Waals surface area contributed by atoms with Gasteiger partial charge in [-0.1, -0.05) is 41.3 Å². The van der Waals surface area contributed by atoms with Crippen LogP contribution in [0.4, 0.5) is 15.2 Å². The molecule has 0 aliphatic heterocycles. The summed E-state index contributed by atoms with van der Waals surface area (Å²) in [6.07, 6.45) is 2.10. The molecule has 6 nitrogen and oxygen atoms in total. The lowest BCUT2D eigenvalue weighted by Gasteiger charge is -2.22. The van der Waals surface area contributed by atoms with Gasteiger partial charge in [0.2, 0.25) is 11.0 Å². The van der Waals surface area contributed by atoms with Gasteiger partial charge in [-0.2, -0.15) is 0 Å². The first kappa shape index (κ1) is 20.6. The monoisotopic (exact) mass is 444 g/mol. The fourth-order valence-corrected chi connectivity index (χ4v) is 4.61. The molecule has 0 unspecified atom stereocenters. The molecule has 1 aromatic heterocycles. The van der Waals surface area contributed by atoms with Gasteiger partial charge in [-0.05, 0) is 48.7 Å². The normalized spacial score (nSPS) is 13.1. The van der Waals surface area contributed by atoms with Crippen molar-refractivity contribution in [2.24, 2.45) is 0 Å². The Morgan fingerprint density at radius 1 is 1.27 bits per heavy atom. The van der Waals surface area contributed by atoms with E-state index in [1.165, 1.54) is 35.2 Å². The molecule has 1 saturated carbocycles. The number of thioether (sulfide) groups is 1. The van der Waals surface area contributed by atoms with Crippen LogP contribution in [0.25, 0.3) is 0 Å². The van der Waals surface area contributed by atoms with Gasteiger partial charge < -0.3 is 15.0 Å². The summed E-state index contributed by atoms with van der Waals surface area (Å²) in [6, 6.07) is 14.3.